The summed E-state index contributed by atoms with van der Waals surface area (Å²) in [5, 5.41) is 2.67. The van der Waals surface area contributed by atoms with Crippen molar-refractivity contribution in [3.05, 3.63) is 45.8 Å². The Balaban J connectivity index is 1.87. The van der Waals surface area contributed by atoms with Crippen LogP contribution in [0.1, 0.15) is 38.1 Å². The van der Waals surface area contributed by atoms with Crippen LogP contribution in [0.2, 0.25) is 0 Å². The fourth-order valence-electron chi connectivity index (χ4n) is 2.91. The fraction of sp³-hybridized carbons (Fsp3) is 0.333. The third-order valence-corrected chi connectivity index (χ3v) is 7.05. The lowest BCUT2D eigenvalue weighted by Crippen LogP contribution is -2.20. The van der Waals surface area contributed by atoms with Crippen LogP contribution < -0.4 is 10.1 Å². The summed E-state index contributed by atoms with van der Waals surface area (Å²) in [6, 6.07) is 4.25. The molecule has 1 aliphatic rings. The number of sulfone groups is 1. The van der Waals surface area contributed by atoms with Gasteiger partial charge in [-0.25, -0.2) is 13.2 Å². The standard InChI is InChI=1S/C18H16F3NO6S2/c1-2-27-17(24)14-12-7-8-30(25,26)9-13(12)29-16(14)22-15(23)10-3-5-11(6-4-10)28-18(19,20)21/h3-6H,2,7-9H2,1H3,(H,22,23). The monoisotopic (exact) mass is 463 g/mol. The molecule has 0 unspecified atom stereocenters. The van der Waals surface area contributed by atoms with Crippen LogP contribution in [0.25, 0.3) is 0 Å². The van der Waals surface area contributed by atoms with Crippen molar-refractivity contribution < 1.29 is 40.7 Å². The highest BCUT2D eigenvalue weighted by atomic mass is 32.2. The van der Waals surface area contributed by atoms with Gasteiger partial charge in [0.15, 0.2) is 9.84 Å². The van der Waals surface area contributed by atoms with Crippen molar-refractivity contribution in [3.8, 4) is 5.75 Å². The highest BCUT2D eigenvalue weighted by Crippen LogP contribution is 2.38. The Morgan fingerprint density at radius 3 is 2.47 bits per heavy atom. The minimum Gasteiger partial charge on any atom is -0.462 e. The molecule has 2 aromatic rings. The molecule has 1 amide bonds. The molecule has 0 aliphatic carbocycles. The summed E-state index contributed by atoms with van der Waals surface area (Å²) in [5.74, 6) is -2.20. The van der Waals surface area contributed by atoms with Crippen LogP contribution in [0.5, 0.6) is 5.75 Å². The number of alkyl halides is 3. The van der Waals surface area contributed by atoms with E-state index in [1.165, 1.54) is 0 Å². The number of benzene rings is 1. The van der Waals surface area contributed by atoms with Gasteiger partial charge in [0.2, 0.25) is 0 Å². The lowest BCUT2D eigenvalue weighted by molar-refractivity contribution is -0.274. The molecule has 0 spiro atoms. The molecular formula is C18H16F3NO6S2. The number of amides is 1. The van der Waals surface area contributed by atoms with Gasteiger partial charge < -0.3 is 14.8 Å². The van der Waals surface area contributed by atoms with Crippen LogP contribution in [0.15, 0.2) is 24.3 Å². The minimum atomic E-state index is -4.85. The number of nitrogens with one attached hydrogen (secondary N) is 1. The smallest absolute Gasteiger partial charge is 0.462 e. The van der Waals surface area contributed by atoms with Crippen molar-refractivity contribution >= 4 is 38.1 Å². The first-order valence-corrected chi connectivity index (χ1v) is 11.3. The molecule has 2 heterocycles. The normalized spacial score (nSPS) is 15.2. The summed E-state index contributed by atoms with van der Waals surface area (Å²) in [6.45, 7) is 1.71. The number of carbonyl (C=O) groups is 2. The molecule has 0 atom stereocenters. The number of esters is 1. The molecule has 1 aromatic heterocycles. The maximum Gasteiger partial charge on any atom is 0.573 e. The molecule has 0 bridgehead atoms. The zero-order valence-corrected chi connectivity index (χ0v) is 17.2. The third-order valence-electron chi connectivity index (χ3n) is 4.16. The lowest BCUT2D eigenvalue weighted by atomic mass is 10.1. The fourth-order valence-corrected chi connectivity index (χ4v) is 5.95. The van der Waals surface area contributed by atoms with E-state index in [9.17, 15) is 31.2 Å². The number of carbonyl (C=O) groups excluding carboxylic acids is 2. The first kappa shape index (κ1) is 22.1. The predicted molar refractivity (Wildman–Crippen MR) is 103 cm³/mol. The van der Waals surface area contributed by atoms with Crippen LogP contribution in [0, 0.1) is 0 Å². The SMILES string of the molecule is CCOC(=O)c1c(NC(=O)c2ccc(OC(F)(F)F)cc2)sc2c1CCS(=O)(=O)C2. The van der Waals surface area contributed by atoms with Gasteiger partial charge in [-0.3, -0.25) is 4.79 Å². The number of hydrogen-bond acceptors (Lipinski definition) is 7. The molecule has 0 saturated heterocycles. The summed E-state index contributed by atoms with van der Waals surface area (Å²) < 4.78 is 69.4. The number of thiophene rings is 1. The second kappa shape index (κ2) is 8.26. The minimum absolute atomic E-state index is 0.0262. The Kier molecular flexibility index (Phi) is 6.09. The van der Waals surface area contributed by atoms with Gasteiger partial charge in [-0.2, -0.15) is 0 Å². The summed E-state index contributed by atoms with van der Waals surface area (Å²) in [7, 11) is -3.30. The molecule has 1 aromatic carbocycles. The number of hydrogen-bond donors (Lipinski definition) is 1. The van der Waals surface area contributed by atoms with E-state index < -0.39 is 33.8 Å². The number of rotatable bonds is 5. The van der Waals surface area contributed by atoms with E-state index >= 15 is 0 Å². The molecule has 162 valence electrons. The molecule has 12 heteroatoms. The van der Waals surface area contributed by atoms with Gasteiger partial charge in [0, 0.05) is 10.4 Å². The Morgan fingerprint density at radius 2 is 1.87 bits per heavy atom. The zero-order chi connectivity index (χ0) is 22.1. The average Bonchev–Trinajstić information content (AvgIpc) is 2.96. The van der Waals surface area contributed by atoms with Gasteiger partial charge in [0.1, 0.15) is 10.8 Å². The Hall–Kier alpha value is -2.60. The molecule has 1 N–H and O–H groups in total. The van der Waals surface area contributed by atoms with E-state index in [1.807, 2.05) is 0 Å². The number of fused-ring (bicyclic) bond motifs is 1. The van der Waals surface area contributed by atoms with Crippen molar-refractivity contribution in [1.82, 2.24) is 0 Å². The lowest BCUT2D eigenvalue weighted by Gasteiger charge is -2.13. The van der Waals surface area contributed by atoms with E-state index in [2.05, 4.69) is 10.1 Å². The van der Waals surface area contributed by atoms with E-state index in [1.54, 1.807) is 6.92 Å². The van der Waals surface area contributed by atoms with Crippen molar-refractivity contribution in [3.63, 3.8) is 0 Å². The van der Waals surface area contributed by atoms with Gasteiger partial charge >= 0.3 is 12.3 Å². The summed E-state index contributed by atoms with van der Waals surface area (Å²) in [4.78, 5) is 25.4. The molecule has 7 nitrogen and oxygen atoms in total. The average molecular weight is 463 g/mol. The summed E-state index contributed by atoms with van der Waals surface area (Å²) in [6.07, 6.45) is -4.73. The van der Waals surface area contributed by atoms with Crippen LogP contribution in [-0.2, 0) is 26.7 Å². The zero-order valence-electron chi connectivity index (χ0n) is 15.5. The third kappa shape index (κ3) is 5.11. The predicted octanol–water partition coefficient (Wildman–Crippen LogP) is 3.55. The Labute approximate surface area is 173 Å². The molecule has 1 aliphatic heterocycles. The Morgan fingerprint density at radius 1 is 1.20 bits per heavy atom. The maximum atomic E-state index is 12.5. The Bertz CT molecular complexity index is 1070. The van der Waals surface area contributed by atoms with Crippen LogP contribution in [-0.4, -0.2) is 39.0 Å². The number of halogens is 3. The first-order chi connectivity index (χ1) is 14.0. The maximum absolute atomic E-state index is 12.5. The quantitative estimate of drug-likeness (QED) is 0.681. The van der Waals surface area contributed by atoms with Gasteiger partial charge in [0.05, 0.1) is 23.7 Å². The molecule has 30 heavy (non-hydrogen) atoms. The van der Waals surface area contributed by atoms with Crippen LogP contribution >= 0.6 is 11.3 Å². The first-order valence-electron chi connectivity index (χ1n) is 8.68. The number of ether oxygens (including phenoxy) is 2. The van der Waals surface area contributed by atoms with E-state index in [-0.39, 0.29) is 40.7 Å². The van der Waals surface area contributed by atoms with Crippen molar-refractivity contribution in [1.29, 1.82) is 0 Å². The highest BCUT2D eigenvalue weighted by Gasteiger charge is 2.33. The number of anilines is 1. The van der Waals surface area contributed by atoms with Gasteiger partial charge in [0.25, 0.3) is 5.91 Å². The van der Waals surface area contributed by atoms with Gasteiger partial charge in [-0.05, 0) is 43.2 Å². The summed E-state index contributed by atoms with van der Waals surface area (Å²) in [5.41, 5.74) is 0.660. The van der Waals surface area contributed by atoms with Gasteiger partial charge in [-0.1, -0.05) is 0 Å². The van der Waals surface area contributed by atoms with Crippen LogP contribution in [0.4, 0.5) is 18.2 Å². The van der Waals surface area contributed by atoms with Crippen molar-refractivity contribution in [2.45, 2.75) is 25.5 Å². The summed E-state index contributed by atoms with van der Waals surface area (Å²) >= 11 is 0.967. The van der Waals surface area contributed by atoms with E-state index in [4.69, 9.17) is 4.74 Å². The molecular weight excluding hydrogens is 447 g/mol. The second-order valence-electron chi connectivity index (χ2n) is 6.30. The van der Waals surface area contributed by atoms with E-state index in [0.717, 1.165) is 35.6 Å². The molecule has 0 saturated carbocycles. The highest BCUT2D eigenvalue weighted by molar-refractivity contribution is 7.90. The van der Waals surface area contributed by atoms with Crippen LogP contribution in [0.3, 0.4) is 0 Å². The van der Waals surface area contributed by atoms with E-state index in [0.29, 0.717) is 10.4 Å². The molecule has 0 radical (unpaired) electrons. The van der Waals surface area contributed by atoms with Crippen molar-refractivity contribution in [2.75, 3.05) is 17.7 Å². The van der Waals surface area contributed by atoms with Gasteiger partial charge in [-0.15, -0.1) is 24.5 Å². The molecule has 0 fully saturated rings. The van der Waals surface area contributed by atoms with Crippen molar-refractivity contribution in [2.24, 2.45) is 0 Å². The molecule has 3 rings (SSSR count). The second-order valence-corrected chi connectivity index (χ2v) is 9.59. The topological polar surface area (TPSA) is 98.8 Å². The largest absolute Gasteiger partial charge is 0.573 e.